The van der Waals surface area contributed by atoms with Gasteiger partial charge in [-0.2, -0.15) is 10.2 Å². The summed E-state index contributed by atoms with van der Waals surface area (Å²) >= 11 is 6.03. The molecule has 0 saturated carbocycles. The number of carbonyl (C=O) groups is 1. The molecule has 0 fully saturated rings. The smallest absolute Gasteiger partial charge is 0.341 e. The van der Waals surface area contributed by atoms with Crippen LogP contribution in [0.2, 0.25) is 5.15 Å². The monoisotopic (exact) mass is 437 g/mol. The molecule has 0 saturated heterocycles. The summed E-state index contributed by atoms with van der Waals surface area (Å²) in [6.07, 6.45) is 4.49. The Morgan fingerprint density at radius 3 is 2.87 bits per heavy atom. The number of halogens is 1. The Balaban J connectivity index is 1.65. The summed E-state index contributed by atoms with van der Waals surface area (Å²) in [6, 6.07) is 9.07. The van der Waals surface area contributed by atoms with Crippen molar-refractivity contribution in [3.05, 3.63) is 65.3 Å². The molecule has 4 rings (SSSR count). The van der Waals surface area contributed by atoms with E-state index in [4.69, 9.17) is 21.1 Å². The molecular formula is C20H16ClN7O3. The lowest BCUT2D eigenvalue weighted by Crippen LogP contribution is -2.07. The molecule has 0 aliphatic heterocycles. The first-order valence-electron chi connectivity index (χ1n) is 9.04. The zero-order valence-electron chi connectivity index (χ0n) is 16.6. The van der Waals surface area contributed by atoms with Gasteiger partial charge in [-0.25, -0.2) is 24.4 Å². The number of ether oxygens (including phenoxy) is 2. The number of nitrogens with zero attached hydrogens (tertiary/aromatic N) is 7. The minimum Gasteiger partial charge on any atom is -0.497 e. The number of pyridine rings is 1. The fourth-order valence-corrected chi connectivity index (χ4v) is 3.20. The molecule has 0 radical (unpaired) electrons. The minimum atomic E-state index is -0.590. The van der Waals surface area contributed by atoms with Crippen molar-refractivity contribution in [1.82, 2.24) is 24.7 Å². The van der Waals surface area contributed by atoms with Gasteiger partial charge < -0.3 is 9.47 Å². The summed E-state index contributed by atoms with van der Waals surface area (Å²) in [5.41, 5.74) is 2.04. The molecule has 31 heavy (non-hydrogen) atoms. The molecular weight excluding hydrogens is 422 g/mol. The number of azo groups is 1. The molecule has 3 aromatic heterocycles. The van der Waals surface area contributed by atoms with E-state index in [-0.39, 0.29) is 17.3 Å². The van der Waals surface area contributed by atoms with E-state index >= 15 is 0 Å². The summed E-state index contributed by atoms with van der Waals surface area (Å²) in [6.45, 7) is 0.0855. The van der Waals surface area contributed by atoms with Crippen LogP contribution in [-0.2, 0) is 11.3 Å². The molecule has 0 atom stereocenters. The molecule has 0 aliphatic rings. The molecule has 0 spiro atoms. The first-order chi connectivity index (χ1) is 15.1. The van der Waals surface area contributed by atoms with E-state index in [1.54, 1.807) is 24.1 Å². The average molecular weight is 438 g/mol. The number of hydrogen-bond donors (Lipinski definition) is 0. The van der Waals surface area contributed by atoms with Crippen LogP contribution >= 0.6 is 11.6 Å². The van der Waals surface area contributed by atoms with Gasteiger partial charge in [0.25, 0.3) is 0 Å². The number of aromatic nitrogens is 5. The zero-order valence-corrected chi connectivity index (χ0v) is 17.3. The van der Waals surface area contributed by atoms with Gasteiger partial charge in [0.2, 0.25) is 0 Å². The maximum atomic E-state index is 12.0. The summed E-state index contributed by atoms with van der Waals surface area (Å²) in [5, 5.41) is 13.4. The third-order valence-corrected chi connectivity index (χ3v) is 4.72. The quantitative estimate of drug-likeness (QED) is 0.254. The fraction of sp³-hybridized carbons (Fsp3) is 0.150. The number of benzene rings is 1. The second kappa shape index (κ2) is 8.84. The second-order valence-corrected chi connectivity index (χ2v) is 6.58. The SMILES string of the molecule is COC(=O)c1c(CN=Nc2ncnc3c2cnn3-c2cccc(OC)c2)ccnc1Cl. The second-order valence-electron chi connectivity index (χ2n) is 6.22. The summed E-state index contributed by atoms with van der Waals surface area (Å²) in [5.74, 6) is 0.457. The zero-order chi connectivity index (χ0) is 21.8. The Kier molecular flexibility index (Phi) is 5.80. The first-order valence-corrected chi connectivity index (χ1v) is 9.42. The van der Waals surface area contributed by atoms with Gasteiger partial charge in [-0.1, -0.05) is 17.7 Å². The maximum absolute atomic E-state index is 12.0. The van der Waals surface area contributed by atoms with Crippen molar-refractivity contribution in [1.29, 1.82) is 0 Å². The molecule has 10 nitrogen and oxygen atoms in total. The number of hydrogen-bond acceptors (Lipinski definition) is 9. The number of esters is 1. The molecule has 0 unspecified atom stereocenters. The Morgan fingerprint density at radius 1 is 1.19 bits per heavy atom. The van der Waals surface area contributed by atoms with Crippen LogP contribution in [0.5, 0.6) is 5.75 Å². The lowest BCUT2D eigenvalue weighted by molar-refractivity contribution is 0.0599. The molecule has 3 heterocycles. The van der Waals surface area contributed by atoms with E-state index < -0.39 is 5.97 Å². The highest BCUT2D eigenvalue weighted by atomic mass is 35.5. The normalized spacial score (nSPS) is 11.2. The lowest BCUT2D eigenvalue weighted by Gasteiger charge is -2.06. The van der Waals surface area contributed by atoms with Crippen LogP contribution in [0.3, 0.4) is 0 Å². The number of fused-ring (bicyclic) bond motifs is 1. The highest BCUT2D eigenvalue weighted by Gasteiger charge is 2.17. The molecule has 11 heteroatoms. The van der Waals surface area contributed by atoms with Crippen molar-refractivity contribution < 1.29 is 14.3 Å². The van der Waals surface area contributed by atoms with Crippen LogP contribution in [0.1, 0.15) is 15.9 Å². The Labute approximate surface area is 181 Å². The molecule has 0 N–H and O–H groups in total. The number of carbonyl (C=O) groups excluding carboxylic acids is 1. The van der Waals surface area contributed by atoms with Gasteiger partial charge in [-0.05, 0) is 23.8 Å². The van der Waals surface area contributed by atoms with Crippen LogP contribution < -0.4 is 4.74 Å². The summed E-state index contributed by atoms with van der Waals surface area (Å²) in [4.78, 5) is 24.4. The molecule has 1 aromatic carbocycles. The third kappa shape index (κ3) is 4.05. The summed E-state index contributed by atoms with van der Waals surface area (Å²) in [7, 11) is 2.87. The maximum Gasteiger partial charge on any atom is 0.341 e. The van der Waals surface area contributed by atoms with Gasteiger partial charge in [-0.15, -0.1) is 5.11 Å². The van der Waals surface area contributed by atoms with Gasteiger partial charge >= 0.3 is 5.97 Å². The molecule has 4 aromatic rings. The van der Waals surface area contributed by atoms with Gasteiger partial charge in [0.05, 0.1) is 38.0 Å². The first kappa shape index (κ1) is 20.4. The van der Waals surface area contributed by atoms with E-state index in [9.17, 15) is 4.79 Å². The predicted molar refractivity (Wildman–Crippen MR) is 112 cm³/mol. The van der Waals surface area contributed by atoms with Crippen molar-refractivity contribution in [3.63, 3.8) is 0 Å². The van der Waals surface area contributed by atoms with Crippen molar-refractivity contribution in [2.75, 3.05) is 14.2 Å². The Hall–Kier alpha value is -3.92. The van der Waals surface area contributed by atoms with Crippen molar-refractivity contribution in [2.24, 2.45) is 10.2 Å². The number of methoxy groups -OCH3 is 2. The van der Waals surface area contributed by atoms with Crippen molar-refractivity contribution in [2.45, 2.75) is 6.54 Å². The lowest BCUT2D eigenvalue weighted by atomic mass is 10.1. The standard InChI is InChI=1S/C20H16ClN7O3/c1-30-14-5-3-4-13(8-14)28-19-15(10-26-28)18(23-11-24-19)27-25-9-12-6-7-22-17(21)16(12)20(29)31-2/h3-8,10-11H,9H2,1-2H3. The van der Waals surface area contributed by atoms with Crippen molar-refractivity contribution in [3.8, 4) is 11.4 Å². The molecule has 0 bridgehead atoms. The van der Waals surface area contributed by atoms with E-state index in [0.717, 1.165) is 5.69 Å². The minimum absolute atomic E-state index is 0.0449. The Morgan fingerprint density at radius 2 is 2.06 bits per heavy atom. The van der Waals surface area contributed by atoms with E-state index in [1.165, 1.54) is 19.6 Å². The molecule has 0 aliphatic carbocycles. The van der Waals surface area contributed by atoms with E-state index in [2.05, 4.69) is 30.3 Å². The third-order valence-electron chi connectivity index (χ3n) is 4.43. The van der Waals surface area contributed by atoms with Crippen LogP contribution in [0.4, 0.5) is 5.82 Å². The molecule has 156 valence electrons. The predicted octanol–water partition coefficient (Wildman–Crippen LogP) is 3.94. The van der Waals surface area contributed by atoms with Crippen LogP contribution in [0.25, 0.3) is 16.7 Å². The van der Waals surface area contributed by atoms with Gasteiger partial charge in [0.1, 0.15) is 22.8 Å². The molecule has 0 amide bonds. The van der Waals surface area contributed by atoms with E-state index in [0.29, 0.717) is 28.2 Å². The topological polar surface area (TPSA) is 117 Å². The van der Waals surface area contributed by atoms with E-state index in [1.807, 2.05) is 24.3 Å². The van der Waals surface area contributed by atoms with Gasteiger partial charge in [-0.3, -0.25) is 0 Å². The van der Waals surface area contributed by atoms with Crippen LogP contribution in [0, 0.1) is 0 Å². The Bertz CT molecular complexity index is 1290. The van der Waals surface area contributed by atoms with Crippen LogP contribution in [0.15, 0.2) is 59.3 Å². The highest BCUT2D eigenvalue weighted by molar-refractivity contribution is 6.32. The van der Waals surface area contributed by atoms with Crippen molar-refractivity contribution >= 4 is 34.4 Å². The highest BCUT2D eigenvalue weighted by Crippen LogP contribution is 2.26. The van der Waals surface area contributed by atoms with Gasteiger partial charge in [0, 0.05) is 12.3 Å². The average Bonchev–Trinajstić information content (AvgIpc) is 3.24. The summed E-state index contributed by atoms with van der Waals surface area (Å²) < 4.78 is 11.7. The van der Waals surface area contributed by atoms with Gasteiger partial charge in [0.15, 0.2) is 11.5 Å². The van der Waals surface area contributed by atoms with Crippen LogP contribution in [-0.4, -0.2) is 44.9 Å². The number of rotatable bonds is 6. The fourth-order valence-electron chi connectivity index (χ4n) is 2.94. The largest absolute Gasteiger partial charge is 0.497 e.